The molecule has 0 aromatic carbocycles. The highest BCUT2D eigenvalue weighted by molar-refractivity contribution is 7.82. The minimum Gasteiger partial charge on any atom is -0.380 e. The predicted octanol–water partition coefficient (Wildman–Crippen LogP) is 2.18. The normalized spacial score (nSPS) is 30.9. The van der Waals surface area contributed by atoms with E-state index < -0.39 is 23.0 Å². The van der Waals surface area contributed by atoms with Gasteiger partial charge in [0.1, 0.15) is 11.0 Å². The predicted molar refractivity (Wildman–Crippen MR) is 99.3 cm³/mol. The highest BCUT2D eigenvalue weighted by Crippen LogP contribution is 2.50. The van der Waals surface area contributed by atoms with Crippen LogP contribution in [-0.4, -0.2) is 68.8 Å². The van der Waals surface area contributed by atoms with Gasteiger partial charge in [0.15, 0.2) is 0 Å². The highest BCUT2D eigenvalue weighted by Gasteiger charge is 2.54. The van der Waals surface area contributed by atoms with Gasteiger partial charge in [-0.2, -0.15) is 13.2 Å². The van der Waals surface area contributed by atoms with Crippen molar-refractivity contribution >= 4 is 11.0 Å². The van der Waals surface area contributed by atoms with E-state index in [0.717, 1.165) is 26.3 Å². The summed E-state index contributed by atoms with van der Waals surface area (Å²) in [6, 6.07) is 0.649. The first-order valence-electron chi connectivity index (χ1n) is 10.1. The summed E-state index contributed by atoms with van der Waals surface area (Å²) in [6.45, 7) is 8.21. The molecular formula is C19H25F3N4O2S. The van der Waals surface area contributed by atoms with Crippen molar-refractivity contribution < 1.29 is 22.1 Å². The molecule has 29 heavy (non-hydrogen) atoms. The van der Waals surface area contributed by atoms with Crippen molar-refractivity contribution in [1.29, 1.82) is 0 Å². The second-order valence-electron chi connectivity index (χ2n) is 9.17. The lowest BCUT2D eigenvalue weighted by molar-refractivity contribution is -0.183. The Bertz CT molecular complexity index is 815. The maximum absolute atomic E-state index is 13.1. The summed E-state index contributed by atoms with van der Waals surface area (Å²) in [5, 5.41) is 0. The van der Waals surface area contributed by atoms with Crippen molar-refractivity contribution in [2.75, 3.05) is 39.4 Å². The monoisotopic (exact) mass is 430 g/mol. The molecule has 4 aliphatic rings. The van der Waals surface area contributed by atoms with Crippen LogP contribution in [0.15, 0.2) is 4.90 Å². The Kier molecular flexibility index (Phi) is 4.58. The molecule has 10 heteroatoms. The molecule has 1 saturated carbocycles. The van der Waals surface area contributed by atoms with Gasteiger partial charge in [-0.3, -0.25) is 4.90 Å². The molecule has 160 valence electrons. The summed E-state index contributed by atoms with van der Waals surface area (Å²) in [6.07, 6.45) is -2.15. The summed E-state index contributed by atoms with van der Waals surface area (Å²) in [5.41, 5.74) is 0.738. The zero-order chi connectivity index (χ0) is 20.6. The maximum Gasteiger partial charge on any atom is 0.451 e. The number of aromatic nitrogens is 2. The number of rotatable bonds is 3. The molecule has 0 bridgehead atoms. The maximum atomic E-state index is 13.1. The van der Waals surface area contributed by atoms with Crippen molar-refractivity contribution in [3.63, 3.8) is 0 Å². The van der Waals surface area contributed by atoms with Gasteiger partial charge in [-0.25, -0.2) is 18.5 Å². The molecule has 0 amide bonds. The Morgan fingerprint density at radius 2 is 1.59 bits per heavy atom. The number of ether oxygens (including phenoxy) is 1. The number of likely N-dealkylation sites (tertiary alicyclic amines) is 1. The Balaban J connectivity index is 1.23. The number of hydrogen-bond donors (Lipinski definition) is 0. The van der Waals surface area contributed by atoms with E-state index in [2.05, 4.69) is 14.9 Å². The van der Waals surface area contributed by atoms with Crippen LogP contribution in [0.1, 0.15) is 30.1 Å². The number of fused-ring (bicyclic) bond motifs is 1. The van der Waals surface area contributed by atoms with Crippen molar-refractivity contribution in [1.82, 2.24) is 19.2 Å². The molecule has 6 nitrogen and oxygen atoms in total. The van der Waals surface area contributed by atoms with Gasteiger partial charge in [0.25, 0.3) is 0 Å². The zero-order valence-corrected chi connectivity index (χ0v) is 17.4. The van der Waals surface area contributed by atoms with E-state index in [9.17, 15) is 17.4 Å². The molecule has 4 heterocycles. The molecule has 3 unspecified atom stereocenters. The number of halogens is 3. The Morgan fingerprint density at radius 3 is 2.03 bits per heavy atom. The Labute approximate surface area is 170 Å². The summed E-state index contributed by atoms with van der Waals surface area (Å²) >= 11 is 0. The fourth-order valence-electron chi connectivity index (χ4n) is 5.46. The van der Waals surface area contributed by atoms with Crippen molar-refractivity contribution in [2.45, 2.75) is 43.8 Å². The van der Waals surface area contributed by atoms with Gasteiger partial charge in [0, 0.05) is 37.6 Å². The molecule has 1 aromatic heterocycles. The molecule has 3 aliphatic heterocycles. The molecule has 0 radical (unpaired) electrons. The van der Waals surface area contributed by atoms with Crippen LogP contribution < -0.4 is 0 Å². The third kappa shape index (κ3) is 3.32. The average Bonchev–Trinajstić information content (AvgIpc) is 3.09. The largest absolute Gasteiger partial charge is 0.451 e. The van der Waals surface area contributed by atoms with E-state index in [1.54, 1.807) is 0 Å². The fourth-order valence-corrected chi connectivity index (χ4v) is 6.97. The van der Waals surface area contributed by atoms with Crippen LogP contribution in [0.2, 0.25) is 0 Å². The van der Waals surface area contributed by atoms with Crippen LogP contribution in [0, 0.1) is 31.1 Å². The highest BCUT2D eigenvalue weighted by atomic mass is 32.2. The van der Waals surface area contributed by atoms with Gasteiger partial charge in [-0.15, -0.1) is 0 Å². The lowest BCUT2D eigenvalue weighted by Crippen LogP contribution is -2.59. The van der Waals surface area contributed by atoms with Crippen molar-refractivity contribution in [2.24, 2.45) is 17.3 Å². The summed E-state index contributed by atoms with van der Waals surface area (Å²) in [7, 11) is -1.53. The summed E-state index contributed by atoms with van der Waals surface area (Å²) in [4.78, 5) is 10.1. The van der Waals surface area contributed by atoms with Crippen LogP contribution in [0.4, 0.5) is 13.2 Å². The lowest BCUT2D eigenvalue weighted by atomic mass is 9.63. The van der Waals surface area contributed by atoms with E-state index in [1.165, 1.54) is 26.7 Å². The number of nitrogens with zero attached hydrogens (tertiary/aromatic N) is 4. The van der Waals surface area contributed by atoms with Crippen LogP contribution in [-0.2, 0) is 21.9 Å². The number of alkyl halides is 3. The topological polar surface area (TPSA) is 58.6 Å². The molecular weight excluding hydrogens is 405 g/mol. The minimum absolute atomic E-state index is 0.143. The van der Waals surface area contributed by atoms with Gasteiger partial charge in [-0.05, 0) is 38.5 Å². The third-order valence-corrected chi connectivity index (χ3v) is 8.73. The second-order valence-corrected chi connectivity index (χ2v) is 10.6. The Hall–Kier alpha value is -1.10. The van der Waals surface area contributed by atoms with Crippen LogP contribution >= 0.6 is 0 Å². The smallest absolute Gasteiger partial charge is 0.380 e. The molecule has 0 N–H and O–H groups in total. The first-order chi connectivity index (χ1) is 13.7. The second kappa shape index (κ2) is 6.70. The van der Waals surface area contributed by atoms with Crippen molar-refractivity contribution in [3.05, 3.63) is 17.2 Å². The van der Waals surface area contributed by atoms with Gasteiger partial charge in [0.2, 0.25) is 5.82 Å². The van der Waals surface area contributed by atoms with Crippen LogP contribution in [0.25, 0.3) is 0 Å². The number of aryl methyl sites for hydroxylation is 2. The van der Waals surface area contributed by atoms with E-state index >= 15 is 0 Å². The van der Waals surface area contributed by atoms with E-state index in [1.807, 2.05) is 4.31 Å². The fraction of sp³-hybridized carbons (Fsp3) is 0.789. The molecule has 4 fully saturated rings. The SMILES string of the molecule is Cc1nc(C(F)(F)F)nc(C)c1S(=O)N1CC2CN(C3CC4(COC4)C3)CC2C1. The first kappa shape index (κ1) is 19.8. The number of hydrogen-bond acceptors (Lipinski definition) is 5. The van der Waals surface area contributed by atoms with Crippen LogP contribution in [0.3, 0.4) is 0 Å². The third-order valence-electron chi connectivity index (χ3n) is 7.02. The molecule has 3 atom stereocenters. The molecule has 1 aliphatic carbocycles. The zero-order valence-electron chi connectivity index (χ0n) is 16.5. The quantitative estimate of drug-likeness (QED) is 0.736. The summed E-state index contributed by atoms with van der Waals surface area (Å²) in [5.74, 6) is -0.245. The first-order valence-corrected chi connectivity index (χ1v) is 11.2. The minimum atomic E-state index is -4.60. The summed E-state index contributed by atoms with van der Waals surface area (Å²) < 4.78 is 59.2. The molecule has 3 saturated heterocycles. The Morgan fingerprint density at radius 1 is 1.03 bits per heavy atom. The van der Waals surface area contributed by atoms with Crippen LogP contribution in [0.5, 0.6) is 0 Å². The van der Waals surface area contributed by atoms with Gasteiger partial charge in [-0.1, -0.05) is 0 Å². The van der Waals surface area contributed by atoms with E-state index in [0.29, 0.717) is 41.3 Å². The molecule has 1 spiro atoms. The standard InChI is InChI=1S/C19H25F3N4O2S/c1-11-16(12(2)24-17(23-11)19(20,21)22)29(27)26-7-13-5-25(6-14(13)8-26)15-3-18(4-15)9-28-10-18/h13-15H,3-10H2,1-2H3. The van der Waals surface area contributed by atoms with Crippen molar-refractivity contribution in [3.8, 4) is 0 Å². The van der Waals surface area contributed by atoms with Gasteiger partial charge < -0.3 is 4.74 Å². The van der Waals surface area contributed by atoms with Gasteiger partial charge in [0.05, 0.1) is 29.5 Å². The lowest BCUT2D eigenvalue weighted by Gasteiger charge is -2.55. The van der Waals surface area contributed by atoms with Gasteiger partial charge >= 0.3 is 6.18 Å². The van der Waals surface area contributed by atoms with E-state index in [4.69, 9.17) is 4.74 Å². The van der Waals surface area contributed by atoms with E-state index in [-0.39, 0.29) is 11.4 Å². The molecule has 1 aromatic rings. The average molecular weight is 430 g/mol. The molecule has 5 rings (SSSR count).